The summed E-state index contributed by atoms with van der Waals surface area (Å²) in [4.78, 5) is 12.1. The van der Waals surface area contributed by atoms with Crippen LogP contribution in [0.25, 0.3) is 0 Å². The fourth-order valence-corrected chi connectivity index (χ4v) is 1.99. The van der Waals surface area contributed by atoms with Crippen LogP contribution in [0.3, 0.4) is 0 Å². The van der Waals surface area contributed by atoms with Crippen molar-refractivity contribution in [3.05, 3.63) is 59.7 Å². The third-order valence-electron chi connectivity index (χ3n) is 3.30. The molecule has 4 heteroatoms. The Morgan fingerprint density at radius 3 is 2.55 bits per heavy atom. The SMILES string of the molecule is COc1cccc(CNC(=O)C(C)Oc2ccc(C)cc2)c1. The zero-order chi connectivity index (χ0) is 15.9. The Labute approximate surface area is 131 Å². The second-order valence-electron chi connectivity index (χ2n) is 5.14. The van der Waals surface area contributed by atoms with Gasteiger partial charge in [0.2, 0.25) is 0 Å². The molecule has 1 unspecified atom stereocenters. The van der Waals surface area contributed by atoms with Crippen molar-refractivity contribution in [2.24, 2.45) is 0 Å². The lowest BCUT2D eigenvalue weighted by atomic mass is 10.2. The van der Waals surface area contributed by atoms with Crippen molar-refractivity contribution in [3.63, 3.8) is 0 Å². The van der Waals surface area contributed by atoms with Crippen LogP contribution in [-0.4, -0.2) is 19.1 Å². The predicted octanol–water partition coefficient (Wildman–Crippen LogP) is 3.09. The van der Waals surface area contributed by atoms with Crippen molar-refractivity contribution in [3.8, 4) is 11.5 Å². The third-order valence-corrected chi connectivity index (χ3v) is 3.30. The molecule has 1 N–H and O–H groups in total. The third kappa shape index (κ3) is 4.52. The molecule has 0 radical (unpaired) electrons. The summed E-state index contributed by atoms with van der Waals surface area (Å²) in [7, 11) is 1.62. The normalized spacial score (nSPS) is 11.6. The number of hydrogen-bond donors (Lipinski definition) is 1. The van der Waals surface area contributed by atoms with Gasteiger partial charge in [-0.3, -0.25) is 4.79 Å². The fraction of sp³-hybridized carbons (Fsp3) is 0.278. The summed E-state index contributed by atoms with van der Waals surface area (Å²) < 4.78 is 10.8. The van der Waals surface area contributed by atoms with Crippen LogP contribution < -0.4 is 14.8 Å². The van der Waals surface area contributed by atoms with E-state index in [0.717, 1.165) is 16.9 Å². The van der Waals surface area contributed by atoms with Crippen LogP contribution in [0.1, 0.15) is 18.1 Å². The molecule has 0 aliphatic heterocycles. The monoisotopic (exact) mass is 299 g/mol. The van der Waals surface area contributed by atoms with Crippen LogP contribution in [0.5, 0.6) is 11.5 Å². The number of rotatable bonds is 6. The van der Waals surface area contributed by atoms with Crippen LogP contribution in [-0.2, 0) is 11.3 Å². The first kappa shape index (κ1) is 15.9. The van der Waals surface area contributed by atoms with E-state index in [1.54, 1.807) is 14.0 Å². The van der Waals surface area contributed by atoms with Crippen molar-refractivity contribution >= 4 is 5.91 Å². The average molecular weight is 299 g/mol. The van der Waals surface area contributed by atoms with Crippen LogP contribution in [0, 0.1) is 6.92 Å². The Morgan fingerprint density at radius 2 is 1.86 bits per heavy atom. The summed E-state index contributed by atoms with van der Waals surface area (Å²) in [5.74, 6) is 1.31. The molecule has 2 aromatic rings. The number of carbonyl (C=O) groups excluding carboxylic acids is 1. The summed E-state index contributed by atoms with van der Waals surface area (Å²) in [5, 5.41) is 2.86. The maximum atomic E-state index is 12.1. The van der Waals surface area contributed by atoms with E-state index < -0.39 is 6.10 Å². The highest BCUT2D eigenvalue weighted by atomic mass is 16.5. The quantitative estimate of drug-likeness (QED) is 0.891. The molecular weight excluding hydrogens is 278 g/mol. The standard InChI is InChI=1S/C18H21NO3/c1-13-7-9-16(10-8-13)22-14(2)18(20)19-12-15-5-4-6-17(11-15)21-3/h4-11,14H,12H2,1-3H3,(H,19,20). The number of carbonyl (C=O) groups is 1. The minimum Gasteiger partial charge on any atom is -0.497 e. The number of hydrogen-bond acceptors (Lipinski definition) is 3. The molecule has 0 heterocycles. The van der Waals surface area contributed by atoms with Crippen molar-refractivity contribution in [1.29, 1.82) is 0 Å². The summed E-state index contributed by atoms with van der Waals surface area (Å²) >= 11 is 0. The molecule has 0 saturated heterocycles. The van der Waals surface area contributed by atoms with E-state index in [0.29, 0.717) is 12.3 Å². The first-order valence-corrected chi connectivity index (χ1v) is 7.22. The number of aryl methyl sites for hydroxylation is 1. The Morgan fingerprint density at radius 1 is 1.14 bits per heavy atom. The number of nitrogens with one attached hydrogen (secondary N) is 1. The topological polar surface area (TPSA) is 47.6 Å². The van der Waals surface area contributed by atoms with E-state index >= 15 is 0 Å². The highest BCUT2D eigenvalue weighted by molar-refractivity contribution is 5.80. The smallest absolute Gasteiger partial charge is 0.261 e. The lowest BCUT2D eigenvalue weighted by Crippen LogP contribution is -2.35. The van der Waals surface area contributed by atoms with Gasteiger partial charge in [0.05, 0.1) is 7.11 Å². The van der Waals surface area contributed by atoms with Crippen molar-refractivity contribution in [2.45, 2.75) is 26.5 Å². The van der Waals surface area contributed by atoms with E-state index in [2.05, 4.69) is 5.32 Å². The molecule has 1 atom stereocenters. The number of ether oxygens (including phenoxy) is 2. The van der Waals surface area contributed by atoms with Gasteiger partial charge in [-0.2, -0.15) is 0 Å². The zero-order valence-corrected chi connectivity index (χ0v) is 13.1. The molecule has 0 saturated carbocycles. The predicted molar refractivity (Wildman–Crippen MR) is 86.1 cm³/mol. The molecule has 2 rings (SSSR count). The first-order valence-electron chi connectivity index (χ1n) is 7.22. The molecule has 0 aromatic heterocycles. The van der Waals surface area contributed by atoms with Crippen molar-refractivity contribution in [2.75, 3.05) is 7.11 Å². The fourth-order valence-electron chi connectivity index (χ4n) is 1.99. The van der Waals surface area contributed by atoms with E-state index in [9.17, 15) is 4.79 Å². The molecule has 0 aliphatic carbocycles. The van der Waals surface area contributed by atoms with Gasteiger partial charge in [-0.15, -0.1) is 0 Å². The molecule has 0 fully saturated rings. The number of amides is 1. The van der Waals surface area contributed by atoms with Gasteiger partial charge in [-0.25, -0.2) is 0 Å². The summed E-state index contributed by atoms with van der Waals surface area (Å²) in [6.07, 6.45) is -0.548. The molecule has 0 spiro atoms. The van der Waals surface area contributed by atoms with Crippen molar-refractivity contribution < 1.29 is 14.3 Å². The largest absolute Gasteiger partial charge is 0.497 e. The lowest BCUT2D eigenvalue weighted by molar-refractivity contribution is -0.127. The average Bonchev–Trinajstić information content (AvgIpc) is 2.54. The highest BCUT2D eigenvalue weighted by Gasteiger charge is 2.14. The van der Waals surface area contributed by atoms with E-state index in [1.807, 2.05) is 55.5 Å². The van der Waals surface area contributed by atoms with Gasteiger partial charge in [-0.05, 0) is 43.7 Å². The van der Waals surface area contributed by atoms with E-state index in [4.69, 9.17) is 9.47 Å². The maximum Gasteiger partial charge on any atom is 0.261 e. The van der Waals surface area contributed by atoms with Crippen LogP contribution in [0.4, 0.5) is 0 Å². The molecule has 4 nitrogen and oxygen atoms in total. The molecule has 116 valence electrons. The molecule has 1 amide bonds. The Balaban J connectivity index is 1.86. The van der Waals surface area contributed by atoms with Gasteiger partial charge < -0.3 is 14.8 Å². The summed E-state index contributed by atoms with van der Waals surface area (Å²) in [5.41, 5.74) is 2.14. The van der Waals surface area contributed by atoms with Crippen LogP contribution >= 0.6 is 0 Å². The molecule has 0 aliphatic rings. The second-order valence-corrected chi connectivity index (χ2v) is 5.14. The number of benzene rings is 2. The minimum atomic E-state index is -0.548. The molecular formula is C18H21NO3. The van der Waals surface area contributed by atoms with Gasteiger partial charge in [-0.1, -0.05) is 29.8 Å². The Kier molecular flexibility index (Phi) is 5.42. The zero-order valence-electron chi connectivity index (χ0n) is 13.1. The van der Waals surface area contributed by atoms with Gasteiger partial charge in [0, 0.05) is 6.54 Å². The van der Waals surface area contributed by atoms with Crippen LogP contribution in [0.2, 0.25) is 0 Å². The van der Waals surface area contributed by atoms with Gasteiger partial charge in [0.25, 0.3) is 5.91 Å². The molecule has 0 bridgehead atoms. The second kappa shape index (κ2) is 7.50. The van der Waals surface area contributed by atoms with Crippen LogP contribution in [0.15, 0.2) is 48.5 Å². The Hall–Kier alpha value is -2.49. The van der Waals surface area contributed by atoms with E-state index in [1.165, 1.54) is 0 Å². The highest BCUT2D eigenvalue weighted by Crippen LogP contribution is 2.14. The number of methoxy groups -OCH3 is 1. The molecule has 22 heavy (non-hydrogen) atoms. The minimum absolute atomic E-state index is 0.150. The summed E-state index contributed by atoms with van der Waals surface area (Å²) in [6, 6.07) is 15.2. The summed E-state index contributed by atoms with van der Waals surface area (Å²) in [6.45, 7) is 4.19. The first-order chi connectivity index (χ1) is 10.6. The van der Waals surface area contributed by atoms with Gasteiger partial charge in [0.15, 0.2) is 6.10 Å². The van der Waals surface area contributed by atoms with Gasteiger partial charge >= 0.3 is 0 Å². The van der Waals surface area contributed by atoms with Crippen molar-refractivity contribution in [1.82, 2.24) is 5.32 Å². The maximum absolute atomic E-state index is 12.1. The van der Waals surface area contributed by atoms with E-state index in [-0.39, 0.29) is 5.91 Å². The lowest BCUT2D eigenvalue weighted by Gasteiger charge is -2.15. The molecule has 2 aromatic carbocycles. The van der Waals surface area contributed by atoms with Gasteiger partial charge in [0.1, 0.15) is 11.5 Å². The Bertz CT molecular complexity index is 622.